The van der Waals surface area contributed by atoms with Crippen molar-refractivity contribution in [1.29, 1.82) is 0 Å². The molecule has 1 aromatic rings. The minimum absolute atomic E-state index is 0.0808. The molecule has 0 aliphatic heterocycles. The number of hydrogen-bond acceptors (Lipinski definition) is 4. The third-order valence-corrected chi connectivity index (χ3v) is 4.55. The first-order valence-corrected chi connectivity index (χ1v) is 6.55. The maximum atomic E-state index is 10.8. The quantitative estimate of drug-likeness (QED) is 0.379. The van der Waals surface area contributed by atoms with Crippen molar-refractivity contribution in [1.82, 2.24) is 0 Å². The Morgan fingerprint density at radius 2 is 2.06 bits per heavy atom. The molecule has 88 valence electrons. The molecule has 0 amide bonds. The number of hydrogen-bond donors (Lipinski definition) is 1. The highest BCUT2D eigenvalue weighted by atomic mass is 32.2. The molecule has 0 N–H and O–H groups in total. The molecule has 0 aliphatic carbocycles. The van der Waals surface area contributed by atoms with E-state index >= 15 is 0 Å². The van der Waals surface area contributed by atoms with E-state index in [2.05, 4.69) is 26.5 Å². The van der Waals surface area contributed by atoms with Crippen LogP contribution in [0, 0.1) is 15.5 Å². The van der Waals surface area contributed by atoms with Gasteiger partial charge in [0.25, 0.3) is 5.69 Å². The van der Waals surface area contributed by atoms with E-state index < -0.39 is 0 Å². The zero-order valence-electron chi connectivity index (χ0n) is 9.34. The Morgan fingerprint density at radius 3 is 2.62 bits per heavy atom. The monoisotopic (exact) mass is 257 g/mol. The molecule has 5 heteroatoms. The fourth-order valence-corrected chi connectivity index (χ4v) is 2.43. The van der Waals surface area contributed by atoms with Gasteiger partial charge in [0.15, 0.2) is 0 Å². The lowest BCUT2D eigenvalue weighted by Crippen LogP contribution is -2.16. The summed E-state index contributed by atoms with van der Waals surface area (Å²) in [5.41, 5.74) is 0.264. The van der Waals surface area contributed by atoms with Crippen LogP contribution in [0.1, 0.15) is 13.8 Å². The number of para-hydroxylation sites is 1. The van der Waals surface area contributed by atoms with Crippen LogP contribution in [0.5, 0.6) is 0 Å². The topological polar surface area (TPSA) is 43.1 Å². The lowest BCUT2D eigenvalue weighted by atomic mass is 10.0. The average Bonchev–Trinajstić information content (AvgIpc) is 2.27. The highest BCUT2D eigenvalue weighted by Gasteiger charge is 2.19. The normalized spacial score (nSPS) is 11.4. The Morgan fingerprint density at radius 1 is 1.44 bits per heavy atom. The van der Waals surface area contributed by atoms with Gasteiger partial charge in [-0.25, -0.2) is 0 Å². The van der Waals surface area contributed by atoms with Crippen LogP contribution in [-0.4, -0.2) is 16.4 Å². The maximum absolute atomic E-state index is 10.8. The average molecular weight is 257 g/mol. The number of thioether (sulfide) groups is 1. The fraction of sp³-hybridized carbons (Fsp3) is 0.455. The van der Waals surface area contributed by atoms with Gasteiger partial charge in [-0.05, 0) is 17.2 Å². The molecule has 0 radical (unpaired) electrons. The molecule has 0 spiro atoms. The van der Waals surface area contributed by atoms with Crippen LogP contribution in [0.3, 0.4) is 0 Å². The predicted octanol–water partition coefficient (Wildman–Crippen LogP) is 3.64. The van der Waals surface area contributed by atoms with E-state index in [0.717, 1.165) is 16.4 Å². The minimum Gasteiger partial charge on any atom is -0.258 e. The van der Waals surface area contributed by atoms with E-state index in [1.165, 1.54) is 17.8 Å². The summed E-state index contributed by atoms with van der Waals surface area (Å²) in [6.07, 6.45) is 0. The van der Waals surface area contributed by atoms with Crippen LogP contribution in [-0.2, 0) is 0 Å². The molecule has 16 heavy (non-hydrogen) atoms. The molecular formula is C11H15NO2S2. The number of nitrogens with zero attached hydrogens (tertiary/aromatic N) is 1. The van der Waals surface area contributed by atoms with Gasteiger partial charge in [-0.15, -0.1) is 11.8 Å². The summed E-state index contributed by atoms with van der Waals surface area (Å²) < 4.78 is 0. The summed E-state index contributed by atoms with van der Waals surface area (Å²) in [6, 6.07) is 6.84. The number of thiol groups is 1. The van der Waals surface area contributed by atoms with E-state index in [0.29, 0.717) is 0 Å². The van der Waals surface area contributed by atoms with Crippen molar-refractivity contribution in [2.24, 2.45) is 5.41 Å². The van der Waals surface area contributed by atoms with Gasteiger partial charge in [-0.1, -0.05) is 26.0 Å². The standard InChI is InChI=1S/C11H15NO2S2/c1-11(2,7-15)8-16-10-6-4-3-5-9(10)12(13)14/h3-6,15H,7-8H2,1-2H3. The lowest BCUT2D eigenvalue weighted by molar-refractivity contribution is -0.387. The van der Waals surface area contributed by atoms with Gasteiger partial charge in [0.1, 0.15) is 0 Å². The van der Waals surface area contributed by atoms with Crippen molar-refractivity contribution in [3.63, 3.8) is 0 Å². The third kappa shape index (κ3) is 3.72. The van der Waals surface area contributed by atoms with Crippen molar-refractivity contribution < 1.29 is 4.92 Å². The van der Waals surface area contributed by atoms with Gasteiger partial charge >= 0.3 is 0 Å². The highest BCUT2D eigenvalue weighted by molar-refractivity contribution is 7.99. The Kier molecular flexibility index (Phi) is 4.68. The van der Waals surface area contributed by atoms with Gasteiger partial charge in [0.2, 0.25) is 0 Å². The number of rotatable bonds is 5. The van der Waals surface area contributed by atoms with Crippen LogP contribution >= 0.6 is 24.4 Å². The predicted molar refractivity (Wildman–Crippen MR) is 71.5 cm³/mol. The Balaban J connectivity index is 2.78. The summed E-state index contributed by atoms with van der Waals surface area (Å²) in [6.45, 7) is 4.20. The molecule has 0 saturated carbocycles. The van der Waals surface area contributed by atoms with Crippen LogP contribution in [0.4, 0.5) is 5.69 Å². The molecular weight excluding hydrogens is 242 g/mol. The summed E-state index contributed by atoms with van der Waals surface area (Å²) in [5, 5.41) is 10.8. The smallest absolute Gasteiger partial charge is 0.258 e. The van der Waals surface area contributed by atoms with E-state index in [1.807, 2.05) is 6.07 Å². The van der Waals surface area contributed by atoms with Gasteiger partial charge in [0, 0.05) is 11.8 Å². The molecule has 0 aliphatic rings. The highest BCUT2D eigenvalue weighted by Crippen LogP contribution is 2.33. The van der Waals surface area contributed by atoms with Crippen LogP contribution in [0.2, 0.25) is 0 Å². The zero-order chi connectivity index (χ0) is 12.2. The van der Waals surface area contributed by atoms with Crippen molar-refractivity contribution in [2.75, 3.05) is 11.5 Å². The molecule has 0 unspecified atom stereocenters. The van der Waals surface area contributed by atoms with E-state index in [4.69, 9.17) is 0 Å². The largest absolute Gasteiger partial charge is 0.282 e. The molecule has 1 aromatic carbocycles. The Labute approximate surface area is 105 Å². The van der Waals surface area contributed by atoms with Crippen molar-refractivity contribution in [3.8, 4) is 0 Å². The summed E-state index contributed by atoms with van der Waals surface area (Å²) in [4.78, 5) is 11.2. The first kappa shape index (κ1) is 13.4. The molecule has 3 nitrogen and oxygen atoms in total. The molecule has 0 saturated heterocycles. The zero-order valence-corrected chi connectivity index (χ0v) is 11.1. The number of nitro groups is 1. The number of benzene rings is 1. The SMILES string of the molecule is CC(C)(CS)CSc1ccccc1[N+](=O)[O-]. The van der Waals surface area contributed by atoms with E-state index in [9.17, 15) is 10.1 Å². The lowest BCUT2D eigenvalue weighted by Gasteiger charge is -2.20. The second-order valence-electron chi connectivity index (χ2n) is 4.34. The first-order chi connectivity index (χ1) is 7.46. The second-order valence-corrected chi connectivity index (χ2v) is 5.67. The van der Waals surface area contributed by atoms with Crippen molar-refractivity contribution in [3.05, 3.63) is 34.4 Å². The van der Waals surface area contributed by atoms with Gasteiger partial charge in [0.05, 0.1) is 9.82 Å². The van der Waals surface area contributed by atoms with E-state index in [1.54, 1.807) is 12.1 Å². The molecule has 0 atom stereocenters. The Bertz CT molecular complexity index is 380. The van der Waals surface area contributed by atoms with Crippen LogP contribution in [0.25, 0.3) is 0 Å². The van der Waals surface area contributed by atoms with Crippen molar-refractivity contribution >= 4 is 30.1 Å². The molecule has 0 fully saturated rings. The molecule has 0 aromatic heterocycles. The third-order valence-electron chi connectivity index (χ3n) is 2.11. The summed E-state index contributed by atoms with van der Waals surface area (Å²) in [5.74, 6) is 1.59. The summed E-state index contributed by atoms with van der Waals surface area (Å²) >= 11 is 5.78. The molecule has 0 bridgehead atoms. The van der Waals surface area contributed by atoms with Gasteiger partial charge in [-0.2, -0.15) is 12.6 Å². The van der Waals surface area contributed by atoms with Crippen LogP contribution in [0.15, 0.2) is 29.2 Å². The van der Waals surface area contributed by atoms with Crippen LogP contribution < -0.4 is 0 Å². The summed E-state index contributed by atoms with van der Waals surface area (Å²) in [7, 11) is 0. The fourth-order valence-electron chi connectivity index (χ4n) is 1.05. The Hall–Kier alpha value is -0.680. The number of nitro benzene ring substituents is 1. The minimum atomic E-state index is -0.337. The van der Waals surface area contributed by atoms with Gasteiger partial charge < -0.3 is 0 Å². The molecule has 0 heterocycles. The van der Waals surface area contributed by atoms with Gasteiger partial charge in [-0.3, -0.25) is 10.1 Å². The van der Waals surface area contributed by atoms with Crippen molar-refractivity contribution in [2.45, 2.75) is 18.7 Å². The maximum Gasteiger partial charge on any atom is 0.282 e. The van der Waals surface area contributed by atoms with E-state index in [-0.39, 0.29) is 16.0 Å². The molecule has 1 rings (SSSR count). The second kappa shape index (κ2) is 5.59. The first-order valence-electron chi connectivity index (χ1n) is 4.93.